The van der Waals surface area contributed by atoms with Gasteiger partial charge in [0.1, 0.15) is 46.3 Å². The number of hydrogen-bond acceptors (Lipinski definition) is 14. The third kappa shape index (κ3) is 24.4. The molecule has 18 rings (SSSR count). The van der Waals surface area contributed by atoms with Crippen molar-refractivity contribution in [2.24, 2.45) is 25.0 Å². The van der Waals surface area contributed by atoms with Crippen molar-refractivity contribution < 1.29 is 19.0 Å². The Bertz CT molecular complexity index is 6320. The molecule has 13 aromatic rings. The van der Waals surface area contributed by atoms with E-state index >= 15 is 0 Å². The van der Waals surface area contributed by atoms with Crippen LogP contribution >= 0.6 is 89.6 Å². The van der Waals surface area contributed by atoms with E-state index in [4.69, 9.17) is 77.2 Å². The average Bonchev–Trinajstić information content (AvgIpc) is 1.60. The van der Waals surface area contributed by atoms with Crippen LogP contribution in [0.1, 0.15) is 117 Å². The molecule has 0 radical (unpaired) electrons. The molecule has 1 amide bonds. The monoisotopic (exact) mass is 1940 g/mol. The molecule has 0 saturated heterocycles. The molecule has 12 aromatic carbocycles. The summed E-state index contributed by atoms with van der Waals surface area (Å²) in [4.78, 5) is 47.0. The first-order valence-corrected chi connectivity index (χ1v) is 48.1. The second kappa shape index (κ2) is 46.1. The number of rotatable bonds is 24. The van der Waals surface area contributed by atoms with Crippen LogP contribution in [0.5, 0.6) is 11.5 Å². The van der Waals surface area contributed by atoms with E-state index in [0.717, 1.165) is 222 Å². The van der Waals surface area contributed by atoms with Crippen LogP contribution in [0.2, 0.25) is 20.1 Å². The molecule has 2 N–H and O–H groups in total. The molecule has 0 unspecified atom stereocenters. The van der Waals surface area contributed by atoms with Gasteiger partial charge in [0.05, 0.1) is 40.4 Å². The molecule has 6 heterocycles. The summed E-state index contributed by atoms with van der Waals surface area (Å²) < 4.78 is 18.7. The van der Waals surface area contributed by atoms with Crippen molar-refractivity contribution in [2.45, 2.75) is 104 Å². The molecule has 0 saturated carbocycles. The van der Waals surface area contributed by atoms with E-state index in [1.807, 2.05) is 111 Å². The number of halogens is 6. The van der Waals surface area contributed by atoms with Crippen LogP contribution in [0.25, 0.3) is 37.2 Å². The lowest BCUT2D eigenvalue weighted by Gasteiger charge is -2.31. The van der Waals surface area contributed by atoms with Gasteiger partial charge in [-0.25, -0.2) is 11.4 Å². The molecule has 22 heteroatoms. The molecule has 0 bridgehead atoms. The van der Waals surface area contributed by atoms with E-state index in [9.17, 15) is 4.79 Å². The molecule has 1 aromatic heterocycles. The Kier molecular flexibility index (Phi) is 33.7. The minimum atomic E-state index is -0.564. The highest BCUT2D eigenvalue weighted by Gasteiger charge is 2.31. The van der Waals surface area contributed by atoms with Gasteiger partial charge in [-0.15, -0.1) is 11.3 Å². The van der Waals surface area contributed by atoms with E-state index in [0.29, 0.717) is 30.6 Å². The second-order valence-electron chi connectivity index (χ2n) is 32.7. The van der Waals surface area contributed by atoms with Crippen molar-refractivity contribution in [3.05, 3.63) is 371 Å². The lowest BCUT2D eigenvalue weighted by atomic mass is 9.95. The average molecular weight is 1940 g/mol. The maximum absolute atomic E-state index is 12.9. The van der Waals surface area contributed by atoms with Gasteiger partial charge in [0.15, 0.2) is 0 Å². The summed E-state index contributed by atoms with van der Waals surface area (Å²) in [5.74, 6) is 6.48. The summed E-state index contributed by atoms with van der Waals surface area (Å²) in [5.41, 5.74) is 15.8. The van der Waals surface area contributed by atoms with Crippen molar-refractivity contribution in [3.63, 3.8) is 0 Å². The molecular weight excluding hydrogens is 1840 g/mol. The quantitative estimate of drug-likeness (QED) is 0.0569. The number of amidine groups is 5. The number of thiophene rings is 1. The largest absolute Gasteiger partial charge is 0.496 e. The van der Waals surface area contributed by atoms with Gasteiger partial charge < -0.3 is 29.7 Å². The van der Waals surface area contributed by atoms with Crippen LogP contribution < -0.4 is 20.1 Å². The molecule has 0 aliphatic carbocycles. The summed E-state index contributed by atoms with van der Waals surface area (Å²) in [7, 11) is 3.41. The number of carbonyl (C=O) groups excluding carboxylic acids is 1. The number of benzene rings is 12. The smallest absolute Gasteiger partial charge is 0.416 e. The number of fused-ring (bicyclic) bond motifs is 3. The van der Waals surface area contributed by atoms with Gasteiger partial charge in [0.25, 0.3) is 6.67 Å². The van der Waals surface area contributed by atoms with Crippen molar-refractivity contribution in [3.8, 4) is 11.5 Å². The highest BCUT2D eigenvalue weighted by atomic mass is 79.9. The Labute approximate surface area is 799 Å². The third-order valence-electron chi connectivity index (χ3n) is 23.3. The number of nitrogens with zero attached hydrogens (tertiary/aromatic N) is 9. The highest BCUT2D eigenvalue weighted by Crippen LogP contribution is 2.35. The fourth-order valence-electron chi connectivity index (χ4n) is 17.0. The molecule has 129 heavy (non-hydrogen) atoms. The van der Waals surface area contributed by atoms with Gasteiger partial charge in [-0.1, -0.05) is 254 Å². The normalized spacial score (nSPS) is 13.9. The third-order valence-corrected chi connectivity index (χ3v) is 26.7. The first-order valence-electron chi connectivity index (χ1n) is 44.1. The number of carbonyl (C=O) groups is 1. The van der Waals surface area contributed by atoms with Gasteiger partial charge in [-0.2, -0.15) is 0 Å². The molecule has 662 valence electrons. The Morgan fingerprint density at radius 2 is 0.829 bits per heavy atom. The summed E-state index contributed by atoms with van der Waals surface area (Å²) in [6.07, 6.45) is 9.34. The van der Waals surface area contributed by atoms with E-state index in [1.165, 1.54) is 81.7 Å². The van der Waals surface area contributed by atoms with Crippen LogP contribution in [0, 0.1) is 6.57 Å². The zero-order chi connectivity index (χ0) is 90.2. The van der Waals surface area contributed by atoms with Crippen LogP contribution in [0.4, 0.5) is 4.79 Å². The maximum atomic E-state index is 12.9. The van der Waals surface area contributed by atoms with Gasteiger partial charge in [0.2, 0.25) is 0 Å². The Morgan fingerprint density at radius 3 is 1.27 bits per heavy atom. The fraction of sp³-hybridized carbons (Fsp3) is 0.280. The first-order chi connectivity index (χ1) is 62.8. The number of nitrogens with one attached hydrogen (secondary N) is 2. The van der Waals surface area contributed by atoms with Crippen molar-refractivity contribution in [1.82, 2.24) is 25.3 Å². The zero-order valence-corrected chi connectivity index (χ0v) is 80.8. The van der Waals surface area contributed by atoms with E-state index in [2.05, 4.69) is 237 Å². The van der Waals surface area contributed by atoms with Gasteiger partial charge in [-0.3, -0.25) is 39.6 Å². The Morgan fingerprint density at radius 1 is 0.434 bits per heavy atom. The van der Waals surface area contributed by atoms with Crippen molar-refractivity contribution >= 4 is 157 Å². The van der Waals surface area contributed by atoms with Crippen LogP contribution in [-0.4, -0.2) is 148 Å². The number of hydrogen-bond donors (Lipinski definition) is 2. The predicted molar refractivity (Wildman–Crippen MR) is 546 cm³/mol. The number of ether oxygens (including phenoxy) is 3. The van der Waals surface area contributed by atoms with Crippen LogP contribution in [0.15, 0.2) is 282 Å². The number of aliphatic imine (C=N–C) groups is 5. The molecule has 5 aliphatic rings. The highest BCUT2D eigenvalue weighted by molar-refractivity contribution is 9.10. The fourth-order valence-corrected chi connectivity index (χ4v) is 19.8. The molecule has 5 aliphatic heterocycles. The van der Waals surface area contributed by atoms with Crippen LogP contribution in [-0.2, 0) is 68.9 Å². The summed E-state index contributed by atoms with van der Waals surface area (Å²) in [6, 6.07) is 83.3. The first kappa shape index (κ1) is 94.3. The number of methoxy groups -OCH3 is 2. The summed E-state index contributed by atoms with van der Waals surface area (Å²) in [5, 5.41) is 19.7. The van der Waals surface area contributed by atoms with E-state index < -0.39 is 5.60 Å². The second-order valence-corrected chi connectivity index (χ2v) is 37.2. The number of aryl methyl sites for hydroxylation is 6. The molecule has 0 spiro atoms. The molecule has 0 fully saturated rings. The Balaban J connectivity index is 0.000000131. The van der Waals surface area contributed by atoms with Crippen molar-refractivity contribution in [2.75, 3.05) is 92.9 Å². The minimum absolute atomic E-state index is 0.324. The SMILES string of the molecule is CC(C)(C)OC(=O)N1CCCN=C1c1cccc(Cl)c1CCc1cccc2ccccc12.CCN1CCN=C1c1cccc(Cl)c1CCc1cccc2ccccc12.COc1ccc(Br)cc1CCc1sccc1C1=NCCN1.Clc1cccc(C2=NCCN2)c1CCc1cccc2ccccc12.[C-]#[N+]CN1CCN=C1c1cccc(Cl)c1CCc1cc(Br)ccc1OC. The van der Waals surface area contributed by atoms with Crippen LogP contribution in [0.3, 0.4) is 0 Å². The standard InChI is InChI=1S/C27H29ClN2O2.C23H23ClN2.C21H19ClN2.C20H19BrClN3O.C16H17BrN2OS/c1-27(2,3)32-26(31)30-18-8-17-29-25(30)23-13-7-14-24(28)22(23)16-15-20-11-6-10-19-9-4-5-12-21(19)20;1-2-26-16-15-25-23(26)21-11-6-12-22(24)20(21)14-13-18-9-5-8-17-7-3-4-10-19(17)18;22-20-10-4-9-19(21-23-13-14-24-21)18(20)12-11-16-7-3-6-15-5-1-2-8-17(15)16;1-23-13-25-11-10-24-20(25)17-4-3-5-18(22)16(17)8-6-14-12-15(21)7-9-19(14)26-2;1-20-14-4-3-12(17)10-11(14)2-5-15-13(6-9-21-15)16-18-7-8-19-16/h4-7,9-14H,8,15-18H2,1-3H3;3-12H,2,13-16H2,1H3;1-10H,11-14H2,(H,23,24);3-5,7,9,12H,6,8,10-11,13H2,2H3;3-4,6,9-10H,2,5,7-8H2,1H3,(H,18,19). The topological polar surface area (TPSA) is 145 Å². The van der Waals surface area contributed by atoms with Crippen molar-refractivity contribution in [1.29, 1.82) is 0 Å². The van der Waals surface area contributed by atoms with Gasteiger partial charge >= 0.3 is 6.09 Å². The number of likely N-dealkylation sites (N-methyl/N-ethyl adjacent to an activating group) is 1. The van der Waals surface area contributed by atoms with E-state index in [-0.39, 0.29) is 6.09 Å². The lowest BCUT2D eigenvalue weighted by Crippen LogP contribution is -2.44. The lowest BCUT2D eigenvalue weighted by molar-refractivity contribution is 0.0363. The van der Waals surface area contributed by atoms with E-state index in [1.54, 1.807) is 30.5 Å². The molecule has 15 nitrogen and oxygen atoms in total. The van der Waals surface area contributed by atoms with Gasteiger partial charge in [0, 0.05) is 108 Å². The minimum Gasteiger partial charge on any atom is -0.496 e. The predicted octanol–water partition coefficient (Wildman–Crippen LogP) is 25.1. The number of amides is 1. The van der Waals surface area contributed by atoms with Gasteiger partial charge in [-0.05, 0) is 253 Å². The zero-order valence-electron chi connectivity index (χ0n) is 73.8. The molecular formula is C107H107Br2Cl4N11O4S. The Hall–Kier alpha value is -10.9. The maximum Gasteiger partial charge on any atom is 0.416 e. The summed E-state index contributed by atoms with van der Waals surface area (Å²) >= 11 is 35.2. The summed E-state index contributed by atoms with van der Waals surface area (Å²) in [6.45, 7) is 24.5. The molecule has 0 atom stereocenters.